The molecule has 0 atom stereocenters. The number of nitrogens with one attached hydrogen (secondary N) is 1. The summed E-state index contributed by atoms with van der Waals surface area (Å²) in [6.07, 6.45) is 2.12. The van der Waals surface area contributed by atoms with Crippen molar-refractivity contribution in [3.63, 3.8) is 0 Å². The van der Waals surface area contributed by atoms with Gasteiger partial charge in [0.25, 0.3) is 5.69 Å². The van der Waals surface area contributed by atoms with Crippen molar-refractivity contribution in [2.45, 2.75) is 19.3 Å². The quantitative estimate of drug-likeness (QED) is 0.502. The number of nitro benzene ring substituents is 1. The summed E-state index contributed by atoms with van der Waals surface area (Å²) in [5, 5.41) is 13.8. The smallest absolute Gasteiger partial charge is 0.269 e. The lowest BCUT2D eigenvalue weighted by Crippen LogP contribution is -2.29. The number of rotatable bonds is 6. The fourth-order valence-corrected chi connectivity index (χ4v) is 2.91. The van der Waals surface area contributed by atoms with Crippen molar-refractivity contribution in [1.29, 1.82) is 0 Å². The molecule has 0 bridgehead atoms. The van der Waals surface area contributed by atoms with Crippen LogP contribution in [0, 0.1) is 10.1 Å². The van der Waals surface area contributed by atoms with E-state index in [0.717, 1.165) is 24.3 Å². The first-order valence-corrected chi connectivity index (χ1v) is 8.02. The van der Waals surface area contributed by atoms with Gasteiger partial charge in [-0.2, -0.15) is 0 Å². The van der Waals surface area contributed by atoms with Gasteiger partial charge in [0.15, 0.2) is 0 Å². The highest BCUT2D eigenvalue weighted by Gasteiger charge is 2.23. The van der Waals surface area contributed by atoms with Gasteiger partial charge >= 0.3 is 0 Å². The second-order valence-corrected chi connectivity index (χ2v) is 5.76. The number of non-ortho nitro benzene ring substituents is 1. The lowest BCUT2D eigenvalue weighted by atomic mass is 10.2. The largest absolute Gasteiger partial charge is 0.385 e. The number of benzene rings is 2. The van der Waals surface area contributed by atoms with Crippen molar-refractivity contribution in [3.05, 3.63) is 64.2 Å². The van der Waals surface area contributed by atoms with Crippen molar-refractivity contribution in [3.8, 4) is 0 Å². The van der Waals surface area contributed by atoms with Gasteiger partial charge in [0.05, 0.1) is 4.92 Å². The zero-order chi connectivity index (χ0) is 16.9. The Labute approximate surface area is 140 Å². The summed E-state index contributed by atoms with van der Waals surface area (Å²) in [4.78, 5) is 24.4. The number of hydrogen-bond acceptors (Lipinski definition) is 4. The maximum absolute atomic E-state index is 12.4. The van der Waals surface area contributed by atoms with Gasteiger partial charge in [-0.15, -0.1) is 0 Å². The maximum Gasteiger partial charge on any atom is 0.269 e. The molecule has 1 heterocycles. The number of fused-ring (bicyclic) bond motifs is 1. The third-order valence-electron chi connectivity index (χ3n) is 4.16. The molecule has 0 aliphatic carbocycles. The molecule has 0 spiro atoms. The fourth-order valence-electron chi connectivity index (χ4n) is 2.91. The van der Waals surface area contributed by atoms with E-state index in [0.29, 0.717) is 19.4 Å². The highest BCUT2D eigenvalue weighted by molar-refractivity contribution is 5.95. The van der Waals surface area contributed by atoms with Crippen LogP contribution >= 0.6 is 0 Å². The molecule has 1 aliphatic heterocycles. The number of carbonyl (C=O) groups excluding carboxylic acids is 1. The van der Waals surface area contributed by atoms with Crippen LogP contribution in [0.4, 0.5) is 17.1 Å². The summed E-state index contributed by atoms with van der Waals surface area (Å²) in [6.45, 7) is 1.41. The predicted molar refractivity (Wildman–Crippen MR) is 93.3 cm³/mol. The molecule has 24 heavy (non-hydrogen) atoms. The number of nitro groups is 1. The van der Waals surface area contributed by atoms with E-state index in [2.05, 4.69) is 11.4 Å². The third-order valence-corrected chi connectivity index (χ3v) is 4.16. The first kappa shape index (κ1) is 16.0. The molecule has 0 radical (unpaired) electrons. The van der Waals surface area contributed by atoms with E-state index in [1.807, 2.05) is 23.1 Å². The SMILES string of the molecule is O=C(CCCNc1ccc([N+](=O)[O-])cc1)N1CCc2ccccc21. The standard InChI is InChI=1S/C18H19N3O3/c22-18(20-13-11-14-4-1-2-5-17(14)20)6-3-12-19-15-7-9-16(10-8-15)21(23)24/h1-2,4-5,7-10,19H,3,6,11-13H2. The molecule has 2 aromatic carbocycles. The molecular formula is C18H19N3O3. The van der Waals surface area contributed by atoms with Crippen LogP contribution in [-0.2, 0) is 11.2 Å². The van der Waals surface area contributed by atoms with Crippen molar-refractivity contribution in [1.82, 2.24) is 0 Å². The van der Waals surface area contributed by atoms with Crippen LogP contribution in [0.25, 0.3) is 0 Å². The molecule has 1 N–H and O–H groups in total. The van der Waals surface area contributed by atoms with Gasteiger partial charge in [-0.1, -0.05) is 18.2 Å². The minimum Gasteiger partial charge on any atom is -0.385 e. The minimum absolute atomic E-state index is 0.0726. The van der Waals surface area contributed by atoms with Crippen LogP contribution in [-0.4, -0.2) is 23.9 Å². The Hall–Kier alpha value is -2.89. The van der Waals surface area contributed by atoms with Crippen LogP contribution in [0.3, 0.4) is 0 Å². The molecule has 2 aromatic rings. The second-order valence-electron chi connectivity index (χ2n) is 5.76. The van der Waals surface area contributed by atoms with Crippen LogP contribution in [0.5, 0.6) is 0 Å². The molecule has 0 saturated heterocycles. The van der Waals surface area contributed by atoms with Gasteiger partial charge in [-0.25, -0.2) is 0 Å². The molecule has 6 heteroatoms. The molecule has 0 unspecified atom stereocenters. The van der Waals surface area contributed by atoms with Crippen LogP contribution in [0.15, 0.2) is 48.5 Å². The number of para-hydroxylation sites is 1. The number of anilines is 2. The highest BCUT2D eigenvalue weighted by atomic mass is 16.6. The zero-order valence-corrected chi connectivity index (χ0v) is 13.3. The van der Waals surface area contributed by atoms with Gasteiger partial charge < -0.3 is 10.2 Å². The Balaban J connectivity index is 1.45. The summed E-state index contributed by atoms with van der Waals surface area (Å²) in [5.41, 5.74) is 3.16. The van der Waals surface area contributed by atoms with E-state index in [1.165, 1.54) is 17.7 Å². The molecule has 1 aliphatic rings. The van der Waals surface area contributed by atoms with Gasteiger partial charge in [-0.05, 0) is 36.6 Å². The average Bonchev–Trinajstić information content (AvgIpc) is 3.03. The molecule has 6 nitrogen and oxygen atoms in total. The average molecular weight is 325 g/mol. The number of hydrogen-bond donors (Lipinski definition) is 1. The van der Waals surface area contributed by atoms with E-state index in [1.54, 1.807) is 12.1 Å². The molecule has 0 aromatic heterocycles. The summed E-state index contributed by atoms with van der Waals surface area (Å²) in [5.74, 6) is 0.144. The summed E-state index contributed by atoms with van der Waals surface area (Å²) in [7, 11) is 0. The Kier molecular flexibility index (Phi) is 4.74. The Morgan fingerprint density at radius 3 is 2.67 bits per heavy atom. The van der Waals surface area contributed by atoms with Gasteiger partial charge in [0.2, 0.25) is 5.91 Å². The van der Waals surface area contributed by atoms with Gasteiger partial charge in [-0.3, -0.25) is 14.9 Å². The molecule has 3 rings (SSSR count). The first-order chi connectivity index (χ1) is 11.6. The topological polar surface area (TPSA) is 75.5 Å². The monoisotopic (exact) mass is 325 g/mol. The lowest BCUT2D eigenvalue weighted by Gasteiger charge is -2.17. The third kappa shape index (κ3) is 3.53. The van der Waals surface area contributed by atoms with E-state index in [4.69, 9.17) is 0 Å². The molecule has 1 amide bonds. The lowest BCUT2D eigenvalue weighted by molar-refractivity contribution is -0.384. The van der Waals surface area contributed by atoms with E-state index in [9.17, 15) is 14.9 Å². The minimum atomic E-state index is -0.420. The van der Waals surface area contributed by atoms with Gasteiger partial charge in [0.1, 0.15) is 0 Å². The predicted octanol–water partition coefficient (Wildman–Crippen LogP) is 3.38. The first-order valence-electron chi connectivity index (χ1n) is 8.02. The normalized spacial score (nSPS) is 12.8. The van der Waals surface area contributed by atoms with Crippen molar-refractivity contribution in [2.75, 3.05) is 23.3 Å². The Morgan fingerprint density at radius 2 is 1.92 bits per heavy atom. The van der Waals surface area contributed by atoms with E-state index >= 15 is 0 Å². The number of amides is 1. The molecule has 124 valence electrons. The maximum atomic E-state index is 12.4. The van der Waals surface area contributed by atoms with Crippen LogP contribution in [0.2, 0.25) is 0 Å². The van der Waals surface area contributed by atoms with Crippen LogP contribution in [0.1, 0.15) is 18.4 Å². The van der Waals surface area contributed by atoms with Crippen molar-refractivity contribution < 1.29 is 9.72 Å². The highest BCUT2D eigenvalue weighted by Crippen LogP contribution is 2.28. The van der Waals surface area contributed by atoms with E-state index < -0.39 is 4.92 Å². The number of carbonyl (C=O) groups is 1. The van der Waals surface area contributed by atoms with Crippen molar-refractivity contribution >= 4 is 23.0 Å². The summed E-state index contributed by atoms with van der Waals surface area (Å²) in [6, 6.07) is 14.3. The molecule has 0 fully saturated rings. The van der Waals surface area contributed by atoms with E-state index in [-0.39, 0.29) is 11.6 Å². The zero-order valence-electron chi connectivity index (χ0n) is 13.3. The Morgan fingerprint density at radius 1 is 1.17 bits per heavy atom. The van der Waals surface area contributed by atoms with Crippen LogP contribution < -0.4 is 10.2 Å². The fraction of sp³-hybridized carbons (Fsp3) is 0.278. The Bertz CT molecular complexity index is 743. The second kappa shape index (κ2) is 7.12. The molecular weight excluding hydrogens is 306 g/mol. The molecule has 0 saturated carbocycles. The number of nitrogens with zero attached hydrogens (tertiary/aromatic N) is 2. The van der Waals surface area contributed by atoms with Crippen molar-refractivity contribution in [2.24, 2.45) is 0 Å². The summed E-state index contributed by atoms with van der Waals surface area (Å²) < 4.78 is 0. The summed E-state index contributed by atoms with van der Waals surface area (Å²) >= 11 is 0. The van der Waals surface area contributed by atoms with Gasteiger partial charge in [0, 0.05) is 43.0 Å².